The van der Waals surface area contributed by atoms with Gasteiger partial charge >= 0.3 is 0 Å². The number of aliphatic hydroxyl groups is 1. The van der Waals surface area contributed by atoms with Crippen molar-refractivity contribution < 1.29 is 9.90 Å². The van der Waals surface area contributed by atoms with Gasteiger partial charge in [0.1, 0.15) is 6.33 Å². The zero-order valence-corrected chi connectivity index (χ0v) is 12.8. The highest BCUT2D eigenvalue weighted by Gasteiger charge is 2.27. The molecule has 0 unspecified atom stereocenters. The van der Waals surface area contributed by atoms with Crippen LogP contribution in [0.5, 0.6) is 0 Å². The van der Waals surface area contributed by atoms with Crippen molar-refractivity contribution in [1.82, 2.24) is 19.7 Å². The number of carbonyl (C=O) groups is 1. The molecule has 0 saturated heterocycles. The molecule has 2 rings (SSSR count). The monoisotopic (exact) mass is 298 g/mol. The third kappa shape index (κ3) is 3.96. The number of aliphatic hydroxyl groups excluding tert-OH is 1. The zero-order valence-electron chi connectivity index (χ0n) is 12.0. The van der Waals surface area contributed by atoms with E-state index in [4.69, 9.17) is 5.11 Å². The number of carbonyl (C=O) groups excluding carboxylic acids is 1. The van der Waals surface area contributed by atoms with E-state index in [0.29, 0.717) is 24.8 Å². The molecule has 1 aliphatic rings. The van der Waals surface area contributed by atoms with Crippen molar-refractivity contribution in [2.45, 2.75) is 50.4 Å². The van der Waals surface area contributed by atoms with Gasteiger partial charge in [0.15, 0.2) is 5.16 Å². The van der Waals surface area contributed by atoms with Crippen molar-refractivity contribution in [2.75, 3.05) is 18.9 Å². The fourth-order valence-corrected chi connectivity index (χ4v) is 2.93. The fourth-order valence-electron chi connectivity index (χ4n) is 2.06. The number of hydrogen-bond donors (Lipinski definition) is 1. The van der Waals surface area contributed by atoms with Crippen molar-refractivity contribution >= 4 is 17.7 Å². The summed E-state index contributed by atoms with van der Waals surface area (Å²) in [6, 6.07) is 0.675. The fraction of sp³-hybridized carbons (Fsp3) is 0.769. The van der Waals surface area contributed by atoms with Gasteiger partial charge in [-0.25, -0.2) is 0 Å². The maximum absolute atomic E-state index is 12.2. The van der Waals surface area contributed by atoms with E-state index in [1.165, 1.54) is 24.6 Å². The van der Waals surface area contributed by atoms with E-state index in [1.807, 2.05) is 13.8 Å². The van der Waals surface area contributed by atoms with Crippen LogP contribution in [0.4, 0.5) is 0 Å². The third-order valence-corrected chi connectivity index (χ3v) is 4.25. The van der Waals surface area contributed by atoms with Crippen LogP contribution in [0, 0.1) is 0 Å². The highest BCUT2D eigenvalue weighted by Crippen LogP contribution is 2.37. The molecule has 0 spiro atoms. The lowest BCUT2D eigenvalue weighted by molar-refractivity contribution is -0.130. The molecule has 1 aliphatic carbocycles. The molecule has 0 atom stereocenters. The number of hydrogen-bond acceptors (Lipinski definition) is 5. The van der Waals surface area contributed by atoms with Crippen LogP contribution in [0.1, 0.15) is 39.2 Å². The summed E-state index contributed by atoms with van der Waals surface area (Å²) in [4.78, 5) is 14.1. The molecule has 0 aliphatic heterocycles. The molecule has 1 fully saturated rings. The first-order chi connectivity index (χ1) is 9.63. The number of aromatic nitrogens is 3. The lowest BCUT2D eigenvalue weighted by Gasteiger charge is -2.26. The molecule has 1 N–H and O–H groups in total. The van der Waals surface area contributed by atoms with Crippen LogP contribution in [0.25, 0.3) is 0 Å². The molecule has 1 aromatic heterocycles. The Morgan fingerprint density at radius 3 is 2.95 bits per heavy atom. The Morgan fingerprint density at radius 1 is 1.60 bits per heavy atom. The zero-order chi connectivity index (χ0) is 14.5. The molecular weight excluding hydrogens is 276 g/mol. The molecule has 1 heterocycles. The van der Waals surface area contributed by atoms with E-state index >= 15 is 0 Å². The average Bonchev–Trinajstić information content (AvgIpc) is 3.15. The van der Waals surface area contributed by atoms with E-state index in [2.05, 4.69) is 14.8 Å². The second-order valence-electron chi connectivity index (χ2n) is 5.30. The first-order valence-electron chi connectivity index (χ1n) is 7.06. The first kappa shape index (κ1) is 15.3. The van der Waals surface area contributed by atoms with E-state index < -0.39 is 0 Å². The molecule has 0 radical (unpaired) electrons. The summed E-state index contributed by atoms with van der Waals surface area (Å²) < 4.78 is 2.06. The topological polar surface area (TPSA) is 71.2 Å². The van der Waals surface area contributed by atoms with Crippen molar-refractivity contribution in [3.63, 3.8) is 0 Å². The van der Waals surface area contributed by atoms with Crippen molar-refractivity contribution in [3.05, 3.63) is 6.33 Å². The quantitative estimate of drug-likeness (QED) is 0.733. The van der Waals surface area contributed by atoms with Crippen LogP contribution in [0.3, 0.4) is 0 Å². The minimum Gasteiger partial charge on any atom is -0.396 e. The summed E-state index contributed by atoms with van der Waals surface area (Å²) in [5, 5.41) is 17.7. The summed E-state index contributed by atoms with van der Waals surface area (Å²) in [5.74, 6) is 0.457. The van der Waals surface area contributed by atoms with Crippen LogP contribution in [0.15, 0.2) is 11.5 Å². The van der Waals surface area contributed by atoms with E-state index in [0.717, 1.165) is 5.16 Å². The Kier molecular flexibility index (Phi) is 5.42. The molecule has 0 aromatic carbocycles. The predicted molar refractivity (Wildman–Crippen MR) is 77.6 cm³/mol. The minimum absolute atomic E-state index is 0.0868. The second-order valence-corrected chi connectivity index (χ2v) is 6.24. The lowest BCUT2D eigenvalue weighted by Crippen LogP contribution is -2.39. The Morgan fingerprint density at radius 2 is 2.35 bits per heavy atom. The SMILES string of the molecule is CC(C)N(CCCO)C(=O)CSc1nncn1C1CC1. The molecule has 7 heteroatoms. The van der Waals surface area contributed by atoms with Gasteiger partial charge in [0.25, 0.3) is 0 Å². The van der Waals surface area contributed by atoms with Gasteiger partial charge in [-0.05, 0) is 33.1 Å². The second kappa shape index (κ2) is 7.08. The first-order valence-corrected chi connectivity index (χ1v) is 8.04. The molecular formula is C13H22N4O2S. The summed E-state index contributed by atoms with van der Waals surface area (Å²) in [7, 11) is 0. The van der Waals surface area contributed by atoms with Crippen LogP contribution in [-0.2, 0) is 4.79 Å². The van der Waals surface area contributed by atoms with Gasteiger partial charge < -0.3 is 14.6 Å². The molecule has 0 bridgehead atoms. The van der Waals surface area contributed by atoms with Gasteiger partial charge in [-0.15, -0.1) is 10.2 Å². The molecule has 1 aromatic rings. The third-order valence-electron chi connectivity index (χ3n) is 3.31. The Hall–Kier alpha value is -1.08. The van der Waals surface area contributed by atoms with Gasteiger partial charge in [-0.3, -0.25) is 4.79 Å². The normalized spacial score (nSPS) is 14.8. The number of amides is 1. The van der Waals surface area contributed by atoms with Crippen molar-refractivity contribution in [2.24, 2.45) is 0 Å². The number of rotatable bonds is 8. The van der Waals surface area contributed by atoms with Gasteiger partial charge in [0.2, 0.25) is 5.91 Å². The number of thioether (sulfide) groups is 1. The highest BCUT2D eigenvalue weighted by molar-refractivity contribution is 7.99. The van der Waals surface area contributed by atoms with Crippen molar-refractivity contribution in [3.8, 4) is 0 Å². The Labute approximate surface area is 123 Å². The van der Waals surface area contributed by atoms with Crippen LogP contribution in [0.2, 0.25) is 0 Å². The smallest absolute Gasteiger partial charge is 0.233 e. The van der Waals surface area contributed by atoms with E-state index in [1.54, 1.807) is 11.2 Å². The highest BCUT2D eigenvalue weighted by atomic mass is 32.2. The van der Waals surface area contributed by atoms with Gasteiger partial charge in [0.05, 0.1) is 5.75 Å². The maximum atomic E-state index is 12.2. The summed E-state index contributed by atoms with van der Waals surface area (Å²) in [5.41, 5.74) is 0. The molecule has 1 amide bonds. The average molecular weight is 298 g/mol. The predicted octanol–water partition coefficient (Wildman–Crippen LogP) is 1.32. The van der Waals surface area contributed by atoms with E-state index in [-0.39, 0.29) is 18.6 Å². The van der Waals surface area contributed by atoms with E-state index in [9.17, 15) is 4.79 Å². The van der Waals surface area contributed by atoms with Crippen LogP contribution in [-0.4, -0.2) is 55.6 Å². The van der Waals surface area contributed by atoms with Gasteiger partial charge in [-0.2, -0.15) is 0 Å². The lowest BCUT2D eigenvalue weighted by atomic mass is 10.3. The molecule has 112 valence electrons. The Balaban J connectivity index is 1.87. The summed E-state index contributed by atoms with van der Waals surface area (Å²) >= 11 is 1.44. The largest absolute Gasteiger partial charge is 0.396 e. The summed E-state index contributed by atoms with van der Waals surface area (Å²) in [6.45, 7) is 4.70. The molecule has 1 saturated carbocycles. The minimum atomic E-state index is 0.0868. The molecule has 6 nitrogen and oxygen atoms in total. The van der Waals surface area contributed by atoms with Gasteiger partial charge in [-0.1, -0.05) is 11.8 Å². The van der Waals surface area contributed by atoms with Crippen LogP contribution < -0.4 is 0 Å². The van der Waals surface area contributed by atoms with Crippen molar-refractivity contribution in [1.29, 1.82) is 0 Å². The number of nitrogens with zero attached hydrogens (tertiary/aromatic N) is 4. The molecule has 20 heavy (non-hydrogen) atoms. The summed E-state index contributed by atoms with van der Waals surface area (Å²) in [6.07, 6.45) is 4.71. The van der Waals surface area contributed by atoms with Crippen LogP contribution >= 0.6 is 11.8 Å². The Bertz CT molecular complexity index is 445. The standard InChI is InChI=1S/C13H22N4O2S/c1-10(2)16(6-3-7-18)12(19)8-20-13-15-14-9-17(13)11-4-5-11/h9-11,18H,3-8H2,1-2H3. The maximum Gasteiger partial charge on any atom is 0.233 e. The van der Waals surface area contributed by atoms with Gasteiger partial charge in [0, 0.05) is 25.2 Å².